The second-order valence-electron chi connectivity index (χ2n) is 6.27. The van der Waals surface area contributed by atoms with Gasteiger partial charge in [-0.05, 0) is 12.8 Å². The fraction of sp³-hybridized carbons (Fsp3) is 0.938. The van der Waals surface area contributed by atoms with Crippen LogP contribution in [-0.2, 0) is 4.79 Å². The predicted octanol–water partition coefficient (Wildman–Crippen LogP) is 0.472. The lowest BCUT2D eigenvalue weighted by atomic mass is 10.0. The molecular weight excluding hydrogens is 264 g/mol. The van der Waals surface area contributed by atoms with Crippen LogP contribution in [0.4, 0.5) is 0 Å². The van der Waals surface area contributed by atoms with Gasteiger partial charge < -0.3 is 10.2 Å². The number of amides is 1. The van der Waals surface area contributed by atoms with Crippen LogP contribution in [0, 0.1) is 5.92 Å². The van der Waals surface area contributed by atoms with Crippen LogP contribution < -0.4 is 5.32 Å². The number of hydrogen-bond donors (Lipinski definition) is 1. The van der Waals surface area contributed by atoms with Crippen molar-refractivity contribution < 1.29 is 4.79 Å². The van der Waals surface area contributed by atoms with E-state index in [2.05, 4.69) is 33.9 Å². The van der Waals surface area contributed by atoms with Gasteiger partial charge in [0.25, 0.3) is 0 Å². The molecule has 2 aliphatic rings. The van der Waals surface area contributed by atoms with Crippen LogP contribution in [0.2, 0.25) is 0 Å². The summed E-state index contributed by atoms with van der Waals surface area (Å²) in [5.41, 5.74) is 0. The van der Waals surface area contributed by atoms with Gasteiger partial charge in [0.1, 0.15) is 0 Å². The van der Waals surface area contributed by atoms with Crippen LogP contribution in [0.5, 0.6) is 0 Å². The summed E-state index contributed by atoms with van der Waals surface area (Å²) in [6, 6.07) is 0. The van der Waals surface area contributed by atoms with Gasteiger partial charge in [-0.1, -0.05) is 13.8 Å². The third kappa shape index (κ3) is 4.94. The van der Waals surface area contributed by atoms with E-state index < -0.39 is 0 Å². The Balaban J connectivity index is 1.66. The highest BCUT2D eigenvalue weighted by Gasteiger charge is 2.25. The van der Waals surface area contributed by atoms with Gasteiger partial charge in [-0.2, -0.15) is 0 Å². The quantitative estimate of drug-likeness (QED) is 0.773. The first-order valence-electron chi connectivity index (χ1n) is 8.68. The molecule has 1 N–H and O–H groups in total. The summed E-state index contributed by atoms with van der Waals surface area (Å²) in [5.74, 6) is 0.610. The first-order chi connectivity index (χ1) is 10.2. The minimum absolute atomic E-state index is 0.234. The van der Waals surface area contributed by atoms with E-state index >= 15 is 0 Å². The van der Waals surface area contributed by atoms with E-state index in [1.165, 1.54) is 19.6 Å². The molecule has 0 aliphatic carbocycles. The predicted molar refractivity (Wildman–Crippen MR) is 86.4 cm³/mol. The van der Waals surface area contributed by atoms with E-state index in [1.807, 2.05) is 0 Å². The lowest BCUT2D eigenvalue weighted by molar-refractivity contribution is -0.137. The van der Waals surface area contributed by atoms with Crippen molar-refractivity contribution >= 4 is 5.91 Å². The zero-order valence-corrected chi connectivity index (χ0v) is 13.8. The Morgan fingerprint density at radius 3 is 1.95 bits per heavy atom. The summed E-state index contributed by atoms with van der Waals surface area (Å²) in [5, 5.41) is 3.39. The summed E-state index contributed by atoms with van der Waals surface area (Å²) >= 11 is 0. The van der Waals surface area contributed by atoms with Crippen molar-refractivity contribution in [2.24, 2.45) is 5.92 Å². The molecule has 0 unspecified atom stereocenters. The molecule has 2 rings (SSSR count). The third-order valence-electron chi connectivity index (χ3n) is 4.96. The van der Waals surface area contributed by atoms with Crippen molar-refractivity contribution in [2.45, 2.75) is 26.7 Å². The molecule has 2 fully saturated rings. The highest BCUT2D eigenvalue weighted by atomic mass is 16.2. The lowest BCUT2D eigenvalue weighted by Crippen LogP contribution is -2.52. The maximum atomic E-state index is 12.4. The van der Waals surface area contributed by atoms with E-state index in [1.54, 1.807) is 0 Å². The molecule has 0 atom stereocenters. The summed E-state index contributed by atoms with van der Waals surface area (Å²) in [6.45, 7) is 15.1. The van der Waals surface area contributed by atoms with E-state index in [4.69, 9.17) is 0 Å². The maximum absolute atomic E-state index is 12.4. The Morgan fingerprint density at radius 1 is 0.905 bits per heavy atom. The van der Waals surface area contributed by atoms with Crippen LogP contribution in [0.25, 0.3) is 0 Å². The van der Waals surface area contributed by atoms with Crippen molar-refractivity contribution in [3.8, 4) is 0 Å². The van der Waals surface area contributed by atoms with Crippen molar-refractivity contribution in [2.75, 3.05) is 65.4 Å². The minimum atomic E-state index is 0.234. The Hall–Kier alpha value is -0.650. The number of carbonyl (C=O) groups excluding carboxylic acids is 1. The standard InChI is InChI=1S/C16H32N4O/c1-3-15(4-2)16(21)20-13-11-19(12-14-20)10-9-18-7-5-17-6-8-18/h15,17H,3-14H2,1-2H3. The molecule has 2 heterocycles. The molecular formula is C16H32N4O. The number of nitrogens with zero attached hydrogens (tertiary/aromatic N) is 3. The number of piperazine rings is 2. The molecule has 122 valence electrons. The Morgan fingerprint density at radius 2 is 1.43 bits per heavy atom. The normalized spacial score (nSPS) is 22.0. The average Bonchev–Trinajstić information content (AvgIpc) is 2.55. The van der Waals surface area contributed by atoms with Crippen LogP contribution in [0.1, 0.15) is 26.7 Å². The number of rotatable bonds is 6. The molecule has 2 aliphatic heterocycles. The monoisotopic (exact) mass is 296 g/mol. The lowest BCUT2D eigenvalue weighted by Gasteiger charge is -2.37. The molecule has 5 nitrogen and oxygen atoms in total. The number of carbonyl (C=O) groups is 1. The van der Waals surface area contributed by atoms with Crippen molar-refractivity contribution in [1.82, 2.24) is 20.0 Å². The van der Waals surface area contributed by atoms with Crippen LogP contribution in [0.15, 0.2) is 0 Å². The van der Waals surface area contributed by atoms with Gasteiger partial charge >= 0.3 is 0 Å². The molecule has 21 heavy (non-hydrogen) atoms. The van der Waals surface area contributed by atoms with Crippen LogP contribution in [-0.4, -0.2) is 86.1 Å². The Bertz CT molecular complexity index is 305. The minimum Gasteiger partial charge on any atom is -0.340 e. The largest absolute Gasteiger partial charge is 0.340 e. The fourth-order valence-electron chi connectivity index (χ4n) is 3.31. The Labute approximate surface area is 129 Å². The second-order valence-corrected chi connectivity index (χ2v) is 6.27. The average molecular weight is 296 g/mol. The highest BCUT2D eigenvalue weighted by Crippen LogP contribution is 2.14. The highest BCUT2D eigenvalue weighted by molar-refractivity contribution is 5.78. The van der Waals surface area contributed by atoms with Crippen LogP contribution in [0.3, 0.4) is 0 Å². The van der Waals surface area contributed by atoms with Crippen LogP contribution >= 0.6 is 0 Å². The van der Waals surface area contributed by atoms with Gasteiger partial charge in [-0.3, -0.25) is 14.6 Å². The van der Waals surface area contributed by atoms with Crippen molar-refractivity contribution in [3.05, 3.63) is 0 Å². The van der Waals surface area contributed by atoms with Gasteiger partial charge in [0.2, 0.25) is 5.91 Å². The van der Waals surface area contributed by atoms with Gasteiger partial charge in [0, 0.05) is 71.4 Å². The maximum Gasteiger partial charge on any atom is 0.225 e. The third-order valence-corrected chi connectivity index (χ3v) is 4.96. The first kappa shape index (κ1) is 16.7. The fourth-order valence-corrected chi connectivity index (χ4v) is 3.31. The number of nitrogens with one attached hydrogen (secondary N) is 1. The van der Waals surface area contributed by atoms with E-state index in [9.17, 15) is 4.79 Å². The first-order valence-corrected chi connectivity index (χ1v) is 8.68. The van der Waals surface area contributed by atoms with Gasteiger partial charge in [0.15, 0.2) is 0 Å². The molecule has 2 saturated heterocycles. The molecule has 0 bridgehead atoms. The molecule has 1 amide bonds. The van der Waals surface area contributed by atoms with Crippen molar-refractivity contribution in [1.29, 1.82) is 0 Å². The topological polar surface area (TPSA) is 38.8 Å². The van der Waals surface area contributed by atoms with Gasteiger partial charge in [0.05, 0.1) is 0 Å². The van der Waals surface area contributed by atoms with Crippen molar-refractivity contribution in [3.63, 3.8) is 0 Å². The van der Waals surface area contributed by atoms with E-state index in [0.717, 1.165) is 58.7 Å². The summed E-state index contributed by atoms with van der Waals surface area (Å²) in [6.07, 6.45) is 1.94. The van der Waals surface area contributed by atoms with Gasteiger partial charge in [-0.15, -0.1) is 0 Å². The summed E-state index contributed by atoms with van der Waals surface area (Å²) < 4.78 is 0. The molecule has 0 aromatic rings. The molecule has 0 saturated carbocycles. The molecule has 0 spiro atoms. The Kier molecular flexibility index (Phi) is 6.93. The van der Waals surface area contributed by atoms with E-state index in [0.29, 0.717) is 5.91 Å². The smallest absolute Gasteiger partial charge is 0.225 e. The summed E-state index contributed by atoms with van der Waals surface area (Å²) in [7, 11) is 0. The molecule has 0 aromatic carbocycles. The molecule has 0 radical (unpaired) electrons. The zero-order chi connectivity index (χ0) is 15.1. The second kappa shape index (κ2) is 8.71. The summed E-state index contributed by atoms with van der Waals surface area (Å²) in [4.78, 5) is 19.5. The van der Waals surface area contributed by atoms with E-state index in [-0.39, 0.29) is 5.92 Å². The molecule has 5 heteroatoms. The SMILES string of the molecule is CCC(CC)C(=O)N1CCN(CCN2CCNCC2)CC1. The molecule has 0 aromatic heterocycles. The van der Waals surface area contributed by atoms with Gasteiger partial charge in [-0.25, -0.2) is 0 Å². The zero-order valence-electron chi connectivity index (χ0n) is 13.8. The number of hydrogen-bond acceptors (Lipinski definition) is 4.